The molecule has 1 aromatic rings. The lowest BCUT2D eigenvalue weighted by Gasteiger charge is -2.27. The summed E-state index contributed by atoms with van der Waals surface area (Å²) in [5.41, 5.74) is 1.42. The van der Waals surface area contributed by atoms with Gasteiger partial charge in [0, 0.05) is 10.5 Å². The molecule has 1 aromatic carbocycles. The monoisotopic (exact) mass is 296 g/mol. The standard InChI is InChI=1S/C14H21BrN2/c1-17(2)14(9-11-7-8-16-10-11)12-3-5-13(15)6-4-12/h3-6,11,14,16H,7-10H2,1-2H3. The molecule has 0 radical (unpaired) electrons. The Hall–Kier alpha value is -0.380. The SMILES string of the molecule is CN(C)C(CC1CCNC1)c1ccc(Br)cc1. The van der Waals surface area contributed by atoms with Crippen LogP contribution in [0.5, 0.6) is 0 Å². The van der Waals surface area contributed by atoms with E-state index in [1.807, 2.05) is 0 Å². The number of nitrogens with zero attached hydrogens (tertiary/aromatic N) is 1. The Morgan fingerprint density at radius 1 is 1.35 bits per heavy atom. The molecule has 1 aliphatic rings. The third-order valence-electron chi connectivity index (χ3n) is 3.60. The maximum absolute atomic E-state index is 3.50. The van der Waals surface area contributed by atoms with E-state index >= 15 is 0 Å². The summed E-state index contributed by atoms with van der Waals surface area (Å²) in [4.78, 5) is 2.33. The normalized spacial score (nSPS) is 22.0. The van der Waals surface area contributed by atoms with Gasteiger partial charge in [0.25, 0.3) is 0 Å². The highest BCUT2D eigenvalue weighted by Gasteiger charge is 2.22. The Labute approximate surface area is 113 Å². The second-order valence-corrected chi connectivity index (χ2v) is 6.04. The van der Waals surface area contributed by atoms with Crippen molar-refractivity contribution in [3.63, 3.8) is 0 Å². The van der Waals surface area contributed by atoms with Crippen LogP contribution in [0.3, 0.4) is 0 Å². The maximum Gasteiger partial charge on any atom is 0.0345 e. The van der Waals surface area contributed by atoms with E-state index in [0.29, 0.717) is 6.04 Å². The van der Waals surface area contributed by atoms with Gasteiger partial charge in [0.2, 0.25) is 0 Å². The second kappa shape index (κ2) is 5.98. The van der Waals surface area contributed by atoms with E-state index in [1.54, 1.807) is 0 Å². The molecule has 0 aromatic heterocycles. The van der Waals surface area contributed by atoms with E-state index in [-0.39, 0.29) is 0 Å². The van der Waals surface area contributed by atoms with Crippen molar-refractivity contribution in [3.05, 3.63) is 34.3 Å². The molecule has 0 spiro atoms. The topological polar surface area (TPSA) is 15.3 Å². The third kappa shape index (κ3) is 3.54. The second-order valence-electron chi connectivity index (χ2n) is 5.13. The van der Waals surface area contributed by atoms with Gasteiger partial charge in [0.15, 0.2) is 0 Å². The number of hydrogen-bond donors (Lipinski definition) is 1. The summed E-state index contributed by atoms with van der Waals surface area (Å²) in [5, 5.41) is 3.45. The van der Waals surface area contributed by atoms with Crippen LogP contribution in [0.4, 0.5) is 0 Å². The van der Waals surface area contributed by atoms with E-state index in [4.69, 9.17) is 0 Å². The Morgan fingerprint density at radius 3 is 2.59 bits per heavy atom. The number of benzene rings is 1. The van der Waals surface area contributed by atoms with Crippen molar-refractivity contribution >= 4 is 15.9 Å². The van der Waals surface area contributed by atoms with Crippen LogP contribution in [0.2, 0.25) is 0 Å². The minimum Gasteiger partial charge on any atom is -0.316 e. The summed E-state index contributed by atoms with van der Waals surface area (Å²) in [7, 11) is 4.35. The lowest BCUT2D eigenvalue weighted by molar-refractivity contribution is 0.253. The van der Waals surface area contributed by atoms with Crippen molar-refractivity contribution in [1.82, 2.24) is 10.2 Å². The molecule has 94 valence electrons. The quantitative estimate of drug-likeness (QED) is 0.919. The number of nitrogens with one attached hydrogen (secondary N) is 1. The Kier molecular flexibility index (Phi) is 4.60. The third-order valence-corrected chi connectivity index (χ3v) is 4.13. The number of hydrogen-bond acceptors (Lipinski definition) is 2. The van der Waals surface area contributed by atoms with Crippen molar-refractivity contribution in [2.24, 2.45) is 5.92 Å². The van der Waals surface area contributed by atoms with E-state index < -0.39 is 0 Å². The molecule has 0 amide bonds. The van der Waals surface area contributed by atoms with Crippen LogP contribution >= 0.6 is 15.9 Å². The highest BCUT2D eigenvalue weighted by atomic mass is 79.9. The molecule has 3 heteroatoms. The first-order valence-electron chi connectivity index (χ1n) is 6.29. The lowest BCUT2D eigenvalue weighted by Crippen LogP contribution is -2.23. The van der Waals surface area contributed by atoms with Crippen molar-refractivity contribution in [3.8, 4) is 0 Å². The number of halogens is 1. The van der Waals surface area contributed by atoms with Gasteiger partial charge in [-0.05, 0) is 63.6 Å². The van der Waals surface area contributed by atoms with Crippen LogP contribution in [0.15, 0.2) is 28.7 Å². The van der Waals surface area contributed by atoms with Gasteiger partial charge in [-0.2, -0.15) is 0 Å². The molecule has 1 fully saturated rings. The fourth-order valence-corrected chi connectivity index (χ4v) is 2.83. The zero-order valence-corrected chi connectivity index (χ0v) is 12.2. The fraction of sp³-hybridized carbons (Fsp3) is 0.571. The van der Waals surface area contributed by atoms with Gasteiger partial charge in [0.1, 0.15) is 0 Å². The largest absolute Gasteiger partial charge is 0.316 e. The minimum atomic E-state index is 0.535. The summed E-state index contributed by atoms with van der Waals surface area (Å²) >= 11 is 3.50. The fourth-order valence-electron chi connectivity index (χ4n) is 2.56. The molecule has 1 N–H and O–H groups in total. The van der Waals surface area contributed by atoms with E-state index in [0.717, 1.165) is 10.4 Å². The predicted octanol–water partition coefficient (Wildman–Crippen LogP) is 3.05. The summed E-state index contributed by atoms with van der Waals surface area (Å²) < 4.78 is 1.15. The average molecular weight is 297 g/mol. The molecule has 1 saturated heterocycles. The molecule has 2 unspecified atom stereocenters. The smallest absolute Gasteiger partial charge is 0.0345 e. The van der Waals surface area contributed by atoms with Gasteiger partial charge in [-0.25, -0.2) is 0 Å². The molecular formula is C14H21BrN2. The molecule has 2 atom stereocenters. The van der Waals surface area contributed by atoms with Gasteiger partial charge in [0.05, 0.1) is 0 Å². The van der Waals surface area contributed by atoms with Crippen molar-refractivity contribution < 1.29 is 0 Å². The van der Waals surface area contributed by atoms with Gasteiger partial charge in [-0.15, -0.1) is 0 Å². The summed E-state index contributed by atoms with van der Waals surface area (Å²) in [6.45, 7) is 2.37. The Bertz CT molecular complexity index is 342. The molecule has 1 heterocycles. The van der Waals surface area contributed by atoms with Gasteiger partial charge >= 0.3 is 0 Å². The molecule has 2 rings (SSSR count). The zero-order chi connectivity index (χ0) is 12.3. The highest BCUT2D eigenvalue weighted by Crippen LogP contribution is 2.29. The van der Waals surface area contributed by atoms with Crippen LogP contribution in [0.25, 0.3) is 0 Å². The first kappa shape index (κ1) is 13.1. The van der Waals surface area contributed by atoms with Crippen molar-refractivity contribution in [1.29, 1.82) is 0 Å². The zero-order valence-electron chi connectivity index (χ0n) is 10.6. The van der Waals surface area contributed by atoms with E-state index in [9.17, 15) is 0 Å². The summed E-state index contributed by atoms with van der Waals surface area (Å²) in [5.74, 6) is 0.825. The molecule has 1 aliphatic heterocycles. The van der Waals surface area contributed by atoms with Gasteiger partial charge in [-0.3, -0.25) is 0 Å². The lowest BCUT2D eigenvalue weighted by atomic mass is 9.93. The van der Waals surface area contributed by atoms with Crippen LogP contribution < -0.4 is 5.32 Å². The van der Waals surface area contributed by atoms with E-state index in [1.165, 1.54) is 31.5 Å². The van der Waals surface area contributed by atoms with Gasteiger partial charge < -0.3 is 10.2 Å². The molecule has 0 aliphatic carbocycles. The van der Waals surface area contributed by atoms with Crippen LogP contribution in [0, 0.1) is 5.92 Å². The highest BCUT2D eigenvalue weighted by molar-refractivity contribution is 9.10. The first-order valence-corrected chi connectivity index (χ1v) is 7.08. The molecule has 0 bridgehead atoms. The maximum atomic E-state index is 3.50. The minimum absolute atomic E-state index is 0.535. The molecule has 17 heavy (non-hydrogen) atoms. The molecule has 2 nitrogen and oxygen atoms in total. The van der Waals surface area contributed by atoms with Gasteiger partial charge in [-0.1, -0.05) is 28.1 Å². The van der Waals surface area contributed by atoms with Crippen LogP contribution in [0.1, 0.15) is 24.4 Å². The Morgan fingerprint density at radius 2 is 2.06 bits per heavy atom. The Balaban J connectivity index is 2.08. The summed E-state index contributed by atoms with van der Waals surface area (Å²) in [6.07, 6.45) is 2.57. The van der Waals surface area contributed by atoms with Crippen molar-refractivity contribution in [2.75, 3.05) is 27.2 Å². The van der Waals surface area contributed by atoms with E-state index in [2.05, 4.69) is 64.5 Å². The average Bonchev–Trinajstić information content (AvgIpc) is 2.80. The van der Waals surface area contributed by atoms with Crippen LogP contribution in [-0.2, 0) is 0 Å². The summed E-state index contributed by atoms with van der Waals surface area (Å²) in [6, 6.07) is 9.28. The van der Waals surface area contributed by atoms with Crippen molar-refractivity contribution in [2.45, 2.75) is 18.9 Å². The first-order chi connectivity index (χ1) is 8.16. The predicted molar refractivity (Wildman–Crippen MR) is 76.2 cm³/mol. The molecule has 0 saturated carbocycles. The molecular weight excluding hydrogens is 276 g/mol. The number of rotatable bonds is 4. The van der Waals surface area contributed by atoms with Crippen LogP contribution in [-0.4, -0.2) is 32.1 Å².